The monoisotopic (exact) mass is 460 g/mol. The first kappa shape index (κ1) is 23.1. The van der Waals surface area contributed by atoms with Gasteiger partial charge < -0.3 is 15.4 Å². The number of aryl methyl sites for hydroxylation is 2. The highest BCUT2D eigenvalue weighted by Crippen LogP contribution is 2.44. The molecule has 3 atom stereocenters. The quantitative estimate of drug-likeness (QED) is 0.624. The van der Waals surface area contributed by atoms with E-state index in [1.807, 2.05) is 50.2 Å². The molecule has 0 aliphatic carbocycles. The number of rotatable bonds is 4. The SMILES string of the molecule is CCCC1CC(C(=O)NC2c3ccc(C)cc3Oc3cc(C)ccc32)C(=O)NC1C(F)(F)F. The van der Waals surface area contributed by atoms with E-state index in [2.05, 4.69) is 10.6 Å². The zero-order valence-corrected chi connectivity index (χ0v) is 18.8. The Labute approximate surface area is 190 Å². The number of hydrogen-bond donors (Lipinski definition) is 2. The Bertz CT molecular complexity index is 1030. The second-order valence-electron chi connectivity index (χ2n) is 8.99. The molecule has 0 radical (unpaired) electrons. The number of fused-ring (bicyclic) bond motifs is 2. The minimum absolute atomic E-state index is 0.138. The van der Waals surface area contributed by atoms with Crippen LogP contribution in [0, 0.1) is 25.7 Å². The van der Waals surface area contributed by atoms with E-state index in [1.165, 1.54) is 0 Å². The van der Waals surface area contributed by atoms with Crippen LogP contribution in [0.3, 0.4) is 0 Å². The van der Waals surface area contributed by atoms with Crippen molar-refractivity contribution in [2.75, 3.05) is 0 Å². The maximum absolute atomic E-state index is 13.5. The number of carbonyl (C=O) groups is 2. The Morgan fingerprint density at radius 2 is 1.67 bits per heavy atom. The van der Waals surface area contributed by atoms with Crippen molar-refractivity contribution in [3.05, 3.63) is 58.7 Å². The highest BCUT2D eigenvalue weighted by molar-refractivity contribution is 6.01. The van der Waals surface area contributed by atoms with Crippen LogP contribution >= 0.6 is 0 Å². The van der Waals surface area contributed by atoms with Gasteiger partial charge in [-0.25, -0.2) is 0 Å². The lowest BCUT2D eigenvalue weighted by Gasteiger charge is -2.37. The summed E-state index contributed by atoms with van der Waals surface area (Å²) in [5, 5.41) is 4.99. The summed E-state index contributed by atoms with van der Waals surface area (Å²) in [6.07, 6.45) is -3.89. The molecular weight excluding hydrogens is 433 g/mol. The Balaban J connectivity index is 1.63. The van der Waals surface area contributed by atoms with Crippen LogP contribution in [0.5, 0.6) is 11.5 Å². The lowest BCUT2D eigenvalue weighted by atomic mass is 9.80. The van der Waals surface area contributed by atoms with Crippen molar-refractivity contribution in [2.45, 2.75) is 58.3 Å². The molecule has 1 saturated heterocycles. The fraction of sp³-hybridized carbons (Fsp3) is 0.440. The van der Waals surface area contributed by atoms with E-state index in [0.29, 0.717) is 17.9 Å². The number of carbonyl (C=O) groups excluding carboxylic acids is 2. The molecule has 2 aromatic carbocycles. The van der Waals surface area contributed by atoms with E-state index in [-0.39, 0.29) is 12.8 Å². The molecule has 2 N–H and O–H groups in total. The van der Waals surface area contributed by atoms with Gasteiger partial charge in [-0.05, 0) is 55.9 Å². The molecule has 8 heteroatoms. The fourth-order valence-electron chi connectivity index (χ4n) is 4.77. The molecule has 0 aromatic heterocycles. The van der Waals surface area contributed by atoms with Gasteiger partial charge in [-0.2, -0.15) is 13.2 Å². The number of halogens is 3. The van der Waals surface area contributed by atoms with Gasteiger partial charge in [-0.15, -0.1) is 0 Å². The Morgan fingerprint density at radius 3 is 2.18 bits per heavy atom. The van der Waals surface area contributed by atoms with Crippen molar-refractivity contribution in [1.82, 2.24) is 10.6 Å². The summed E-state index contributed by atoms with van der Waals surface area (Å²) < 4.78 is 46.4. The van der Waals surface area contributed by atoms with Crippen molar-refractivity contribution in [1.29, 1.82) is 0 Å². The minimum Gasteiger partial charge on any atom is -0.457 e. The van der Waals surface area contributed by atoms with E-state index < -0.39 is 41.9 Å². The highest BCUT2D eigenvalue weighted by atomic mass is 19.4. The molecule has 33 heavy (non-hydrogen) atoms. The first-order valence-corrected chi connectivity index (χ1v) is 11.1. The van der Waals surface area contributed by atoms with Gasteiger partial charge in [0.2, 0.25) is 11.8 Å². The van der Waals surface area contributed by atoms with E-state index in [9.17, 15) is 22.8 Å². The second-order valence-corrected chi connectivity index (χ2v) is 8.99. The molecule has 0 spiro atoms. The van der Waals surface area contributed by atoms with Crippen LogP contribution in [0.4, 0.5) is 13.2 Å². The Hall–Kier alpha value is -3.03. The van der Waals surface area contributed by atoms with Crippen molar-refractivity contribution < 1.29 is 27.5 Å². The summed E-state index contributed by atoms with van der Waals surface area (Å²) in [6.45, 7) is 5.65. The van der Waals surface area contributed by atoms with Gasteiger partial charge in [-0.1, -0.05) is 37.6 Å². The van der Waals surface area contributed by atoms with Gasteiger partial charge in [0.25, 0.3) is 0 Å². The topological polar surface area (TPSA) is 67.4 Å². The van der Waals surface area contributed by atoms with Crippen LogP contribution in [0.15, 0.2) is 36.4 Å². The first-order valence-electron chi connectivity index (χ1n) is 11.1. The molecule has 4 rings (SSSR count). The highest BCUT2D eigenvalue weighted by Gasteiger charge is 2.51. The van der Waals surface area contributed by atoms with Crippen LogP contribution in [0.2, 0.25) is 0 Å². The summed E-state index contributed by atoms with van der Waals surface area (Å²) in [5.41, 5.74) is 3.45. The summed E-state index contributed by atoms with van der Waals surface area (Å²) >= 11 is 0. The largest absolute Gasteiger partial charge is 0.457 e. The minimum atomic E-state index is -4.55. The number of hydrogen-bond acceptors (Lipinski definition) is 3. The smallest absolute Gasteiger partial charge is 0.408 e. The van der Waals surface area contributed by atoms with Gasteiger partial charge in [0, 0.05) is 11.1 Å². The molecular formula is C25H27F3N2O3. The molecule has 2 aromatic rings. The van der Waals surface area contributed by atoms with Crippen molar-refractivity contribution in [3.8, 4) is 11.5 Å². The lowest BCUT2D eigenvalue weighted by molar-refractivity contribution is -0.182. The molecule has 2 aliphatic rings. The summed E-state index contributed by atoms with van der Waals surface area (Å²) in [5.74, 6) is -2.30. The Morgan fingerprint density at radius 1 is 1.09 bits per heavy atom. The summed E-state index contributed by atoms with van der Waals surface area (Å²) in [7, 11) is 0. The molecule has 3 unspecified atom stereocenters. The summed E-state index contributed by atoms with van der Waals surface area (Å²) in [6, 6.07) is 8.77. The second kappa shape index (κ2) is 8.72. The fourth-order valence-corrected chi connectivity index (χ4v) is 4.77. The number of ether oxygens (including phenoxy) is 1. The molecule has 176 valence electrons. The van der Waals surface area contributed by atoms with E-state index in [4.69, 9.17) is 4.74 Å². The van der Waals surface area contributed by atoms with Crippen molar-refractivity contribution >= 4 is 11.8 Å². The zero-order valence-electron chi connectivity index (χ0n) is 18.8. The normalized spacial score (nSPS) is 22.6. The van der Waals surface area contributed by atoms with Crippen LogP contribution in [-0.4, -0.2) is 24.0 Å². The van der Waals surface area contributed by atoms with Crippen LogP contribution in [0.25, 0.3) is 0 Å². The van der Waals surface area contributed by atoms with Gasteiger partial charge in [-0.3, -0.25) is 9.59 Å². The van der Waals surface area contributed by atoms with Crippen molar-refractivity contribution in [3.63, 3.8) is 0 Å². The molecule has 5 nitrogen and oxygen atoms in total. The molecule has 0 bridgehead atoms. The van der Waals surface area contributed by atoms with E-state index in [1.54, 1.807) is 6.92 Å². The summed E-state index contributed by atoms with van der Waals surface area (Å²) in [4.78, 5) is 25.8. The van der Waals surface area contributed by atoms with Crippen molar-refractivity contribution in [2.24, 2.45) is 11.8 Å². The van der Waals surface area contributed by atoms with E-state index >= 15 is 0 Å². The predicted octanol–water partition coefficient (Wildman–Crippen LogP) is 5.10. The van der Waals surface area contributed by atoms with Gasteiger partial charge >= 0.3 is 6.18 Å². The van der Waals surface area contributed by atoms with Gasteiger partial charge in [0.1, 0.15) is 23.5 Å². The number of piperidine rings is 1. The number of nitrogens with one attached hydrogen (secondary N) is 2. The Kier molecular flexibility index (Phi) is 6.12. The standard InChI is InChI=1S/C25H27F3N2O3/c1-4-5-15-12-18(24(32)30-22(15)25(26,27)28)23(31)29-21-16-8-6-13(2)10-19(16)33-20-11-14(3)7-9-17(20)21/h6-11,15,18,21-22H,4-5,12H2,1-3H3,(H,29,31)(H,30,32). The maximum atomic E-state index is 13.5. The number of benzene rings is 2. The number of alkyl halides is 3. The first-order chi connectivity index (χ1) is 15.6. The average molecular weight is 460 g/mol. The average Bonchev–Trinajstić information content (AvgIpc) is 2.73. The third-order valence-corrected chi connectivity index (χ3v) is 6.42. The van der Waals surface area contributed by atoms with Crippen LogP contribution < -0.4 is 15.4 Å². The molecule has 0 saturated carbocycles. The lowest BCUT2D eigenvalue weighted by Crippen LogP contribution is -2.59. The third kappa shape index (κ3) is 4.56. The zero-order chi connectivity index (χ0) is 23.9. The maximum Gasteiger partial charge on any atom is 0.408 e. The molecule has 1 fully saturated rings. The molecule has 2 amide bonds. The predicted molar refractivity (Wildman–Crippen MR) is 117 cm³/mol. The molecule has 2 aliphatic heterocycles. The third-order valence-electron chi connectivity index (χ3n) is 6.42. The van der Waals surface area contributed by atoms with Gasteiger partial charge in [0.15, 0.2) is 0 Å². The number of amides is 2. The van der Waals surface area contributed by atoms with E-state index in [0.717, 1.165) is 22.3 Å². The van der Waals surface area contributed by atoms with Crippen LogP contribution in [0.1, 0.15) is 54.5 Å². The van der Waals surface area contributed by atoms with Crippen LogP contribution in [-0.2, 0) is 9.59 Å². The molecule has 2 heterocycles. The van der Waals surface area contributed by atoms with Gasteiger partial charge in [0.05, 0.1) is 6.04 Å².